The molecule has 0 radical (unpaired) electrons. The molecule has 0 amide bonds. The van der Waals surface area contributed by atoms with Crippen LogP contribution in [0, 0.1) is 15.4 Å². The fraction of sp³-hybridized carbons (Fsp3) is 0.538. The van der Waals surface area contributed by atoms with Crippen molar-refractivity contribution in [2.24, 2.45) is 11.8 Å². The number of hydrogen-bond donors (Lipinski definition) is 0. The molecule has 0 aliphatic heterocycles. The van der Waals surface area contributed by atoms with Gasteiger partial charge in [-0.05, 0) is 0 Å². The first kappa shape index (κ1) is 10.8. The number of benzene rings is 1. The molecule has 0 saturated heterocycles. The molecule has 0 bridgehead atoms. The summed E-state index contributed by atoms with van der Waals surface area (Å²) in [6.07, 6.45) is 7.14. The van der Waals surface area contributed by atoms with Crippen molar-refractivity contribution in [1.29, 1.82) is 0 Å². The summed E-state index contributed by atoms with van der Waals surface area (Å²) >= 11 is 2.81. The van der Waals surface area contributed by atoms with Crippen LogP contribution in [-0.2, 0) is 12.8 Å². The Morgan fingerprint density at radius 3 is 2.53 bits per heavy atom. The van der Waals surface area contributed by atoms with Crippen molar-refractivity contribution in [2.45, 2.75) is 32.1 Å². The minimum absolute atomic E-state index is 0.246. The summed E-state index contributed by atoms with van der Waals surface area (Å²) in [5.41, 5.74) is 3.33. The van der Waals surface area contributed by atoms with Gasteiger partial charge in [0, 0.05) is 0 Å². The summed E-state index contributed by atoms with van der Waals surface area (Å²) in [4.78, 5) is 0. The average molecular weight is 425 g/mol. The zero-order valence-electron chi connectivity index (χ0n) is 8.68. The molecule has 2 aliphatic rings. The second-order valence-electron chi connectivity index (χ2n) is 4.82. The fourth-order valence-corrected chi connectivity index (χ4v) is 5.33. The average Bonchev–Trinajstić information content (AvgIpc) is 2.99. The normalized spacial score (nSPS) is 28.9. The minimum atomic E-state index is 0.246. The van der Waals surface area contributed by atoms with Crippen LogP contribution < -0.4 is 17.2 Å². The van der Waals surface area contributed by atoms with E-state index in [4.69, 9.17) is 0 Å². The van der Waals surface area contributed by atoms with Crippen LogP contribution in [-0.4, -0.2) is 0 Å². The molecule has 0 spiro atoms. The number of aryl methyl sites for hydroxylation is 2. The van der Waals surface area contributed by atoms with Gasteiger partial charge in [-0.3, -0.25) is 0 Å². The van der Waals surface area contributed by atoms with E-state index in [1.807, 2.05) is 0 Å². The van der Waals surface area contributed by atoms with Gasteiger partial charge in [0.25, 0.3) is 0 Å². The molecule has 0 aromatic heterocycles. The summed E-state index contributed by atoms with van der Waals surface area (Å²) < 4.78 is 1.61. The van der Waals surface area contributed by atoms with Crippen LogP contribution in [0.25, 0.3) is 0 Å². The summed E-state index contributed by atoms with van der Waals surface area (Å²) in [5, 5.41) is 0. The number of rotatable bonds is 1. The van der Waals surface area contributed by atoms with Crippen LogP contribution in [0.15, 0.2) is 18.2 Å². The van der Waals surface area contributed by atoms with Crippen LogP contribution in [0.5, 0.6) is 0 Å². The third-order valence-electron chi connectivity index (χ3n) is 3.89. The summed E-state index contributed by atoms with van der Waals surface area (Å²) in [6.45, 7) is 0. The first-order chi connectivity index (χ1) is 7.36. The molecule has 82 valence electrons. The van der Waals surface area contributed by atoms with E-state index in [1.165, 1.54) is 32.1 Å². The zero-order chi connectivity index (χ0) is 10.3. The maximum atomic E-state index is 2.57. The molecule has 2 atom stereocenters. The predicted molar refractivity (Wildman–Crippen MR) is 67.4 cm³/mol. The van der Waals surface area contributed by atoms with Crippen LogP contribution in [0.3, 0.4) is 0 Å². The Kier molecular flexibility index (Phi) is 3.25. The third kappa shape index (κ3) is 2.35. The van der Waals surface area contributed by atoms with E-state index in [0.717, 1.165) is 11.8 Å². The molecule has 0 N–H and O–H groups in total. The molecule has 1 saturated carbocycles. The molecular formula is C13H15I2-. The summed E-state index contributed by atoms with van der Waals surface area (Å²) in [5.74, 6) is 2.19. The number of fused-ring (bicyclic) bond motifs is 2. The second-order valence-corrected chi connectivity index (χ2v) is 9.21. The van der Waals surface area contributed by atoms with Crippen molar-refractivity contribution in [3.8, 4) is 0 Å². The van der Waals surface area contributed by atoms with Crippen molar-refractivity contribution < 1.29 is 17.2 Å². The van der Waals surface area contributed by atoms with E-state index >= 15 is 0 Å². The van der Waals surface area contributed by atoms with Gasteiger partial charge in [0.15, 0.2) is 0 Å². The number of hydrogen-bond acceptors (Lipinski definition) is 0. The van der Waals surface area contributed by atoms with Gasteiger partial charge in [0.1, 0.15) is 0 Å². The molecular weight excluding hydrogens is 410 g/mol. The Morgan fingerprint density at radius 1 is 1.07 bits per heavy atom. The van der Waals surface area contributed by atoms with Crippen LogP contribution in [0.1, 0.15) is 30.4 Å². The summed E-state index contributed by atoms with van der Waals surface area (Å²) in [6, 6.07) is 7.27. The Bertz CT molecular complexity index is 373. The fourth-order valence-electron chi connectivity index (χ4n) is 2.81. The molecule has 2 heteroatoms. The molecule has 1 aromatic carbocycles. The van der Waals surface area contributed by atoms with Gasteiger partial charge in [-0.1, -0.05) is 0 Å². The van der Waals surface area contributed by atoms with Crippen molar-refractivity contribution in [1.82, 2.24) is 0 Å². The zero-order valence-corrected chi connectivity index (χ0v) is 13.0. The Hall–Kier alpha value is 0.680. The Balaban J connectivity index is 1.88. The van der Waals surface area contributed by atoms with E-state index < -0.39 is 0 Å². The molecule has 3 rings (SSSR count). The topological polar surface area (TPSA) is 0 Å². The van der Waals surface area contributed by atoms with E-state index in [2.05, 4.69) is 36.8 Å². The molecule has 1 aromatic rings. The Morgan fingerprint density at radius 2 is 1.80 bits per heavy atom. The van der Waals surface area contributed by atoms with Gasteiger partial charge in [-0.15, -0.1) is 0 Å². The van der Waals surface area contributed by atoms with Gasteiger partial charge in [0.05, 0.1) is 0 Å². The van der Waals surface area contributed by atoms with E-state index in [0.29, 0.717) is 0 Å². The number of halogens is 2. The first-order valence-corrected chi connectivity index (χ1v) is 13.1. The van der Waals surface area contributed by atoms with Gasteiger partial charge in [-0.25, -0.2) is 0 Å². The van der Waals surface area contributed by atoms with Crippen molar-refractivity contribution >= 4 is 18.6 Å². The SMILES string of the molecule is I[I-]c1ccc2c(c1)CCC1CC1CC2. The molecule has 0 heterocycles. The summed E-state index contributed by atoms with van der Waals surface area (Å²) in [7, 11) is 0. The Labute approximate surface area is 112 Å². The molecule has 0 nitrogen and oxygen atoms in total. The van der Waals surface area contributed by atoms with Crippen molar-refractivity contribution in [2.75, 3.05) is 0 Å². The quantitative estimate of drug-likeness (QED) is 0.585. The molecule has 2 unspecified atom stereocenters. The van der Waals surface area contributed by atoms with Crippen LogP contribution in [0.2, 0.25) is 0 Å². The van der Waals surface area contributed by atoms with Crippen molar-refractivity contribution in [3.63, 3.8) is 0 Å². The first-order valence-electron chi connectivity index (χ1n) is 5.74. The van der Waals surface area contributed by atoms with Crippen LogP contribution >= 0.6 is 18.6 Å². The van der Waals surface area contributed by atoms with E-state index in [1.54, 1.807) is 14.7 Å². The predicted octanol–water partition coefficient (Wildman–Crippen LogP) is 0.810. The van der Waals surface area contributed by atoms with Gasteiger partial charge >= 0.3 is 113 Å². The molecule has 2 aliphatic carbocycles. The van der Waals surface area contributed by atoms with Crippen molar-refractivity contribution in [3.05, 3.63) is 32.9 Å². The van der Waals surface area contributed by atoms with E-state index in [-0.39, 0.29) is 17.2 Å². The van der Waals surface area contributed by atoms with E-state index in [9.17, 15) is 0 Å². The third-order valence-corrected chi connectivity index (χ3v) is 8.19. The van der Waals surface area contributed by atoms with Gasteiger partial charge in [-0.2, -0.15) is 0 Å². The molecule has 15 heavy (non-hydrogen) atoms. The van der Waals surface area contributed by atoms with Crippen LogP contribution in [0.4, 0.5) is 0 Å². The standard InChI is InChI=1S/C13H15I2/c14-15-13-6-5-9-1-2-10-7-11(10)3-4-12(9)8-13/h5-6,8,10-11H,1-4,7H2/q-1. The second kappa shape index (κ2) is 4.51. The maximum absolute atomic E-state index is 2.57. The van der Waals surface area contributed by atoms with Gasteiger partial charge in [0.2, 0.25) is 0 Å². The molecule has 1 fully saturated rings. The monoisotopic (exact) mass is 425 g/mol. The van der Waals surface area contributed by atoms with Gasteiger partial charge < -0.3 is 0 Å².